The Labute approximate surface area is 127 Å². The maximum atomic E-state index is 11.7. The van der Waals surface area contributed by atoms with Gasteiger partial charge in [-0.1, -0.05) is 18.2 Å². The molecule has 21 heavy (non-hydrogen) atoms. The molecule has 0 aliphatic carbocycles. The van der Waals surface area contributed by atoms with Gasteiger partial charge in [-0.15, -0.1) is 0 Å². The summed E-state index contributed by atoms with van der Waals surface area (Å²) >= 11 is 0. The summed E-state index contributed by atoms with van der Waals surface area (Å²) in [6, 6.07) is 8.53. The van der Waals surface area contributed by atoms with E-state index < -0.39 is 22.3 Å². The number of ether oxygens (including phenoxy) is 2. The molecule has 1 aromatic carbocycles. The highest BCUT2D eigenvalue weighted by Crippen LogP contribution is 2.33. The van der Waals surface area contributed by atoms with Crippen molar-refractivity contribution in [3.63, 3.8) is 0 Å². The molecule has 3 N–H and O–H groups in total. The van der Waals surface area contributed by atoms with Crippen molar-refractivity contribution in [3.05, 3.63) is 47.9 Å². The van der Waals surface area contributed by atoms with E-state index in [1.165, 1.54) is 0 Å². The van der Waals surface area contributed by atoms with Gasteiger partial charge in [0.25, 0.3) is 0 Å². The molecular weight excluding hydrogens is 290 g/mol. The van der Waals surface area contributed by atoms with Gasteiger partial charge in [0.15, 0.2) is 6.29 Å². The predicted octanol–water partition coefficient (Wildman–Crippen LogP) is 1.67. The molecule has 0 aromatic heterocycles. The highest BCUT2D eigenvalue weighted by molar-refractivity contribution is 8.32. The minimum atomic E-state index is -1.27. The van der Waals surface area contributed by atoms with Gasteiger partial charge in [-0.25, -0.2) is 14.8 Å². The van der Waals surface area contributed by atoms with Crippen molar-refractivity contribution < 1.29 is 19.4 Å². The molecule has 118 valence electrons. The van der Waals surface area contributed by atoms with Gasteiger partial charge < -0.3 is 20.3 Å². The van der Waals surface area contributed by atoms with E-state index in [1.54, 1.807) is 30.3 Å². The Morgan fingerprint density at radius 3 is 2.52 bits per heavy atom. The average molecular weight is 313 g/mol. The minimum Gasteiger partial charge on any atom is -0.429 e. The van der Waals surface area contributed by atoms with E-state index in [2.05, 4.69) is 18.8 Å². The number of hydrogen-bond acceptors (Lipinski definition) is 5. The zero-order valence-electron chi connectivity index (χ0n) is 12.6. The minimum absolute atomic E-state index is 0.0387. The SMILES string of the molecule is CS(C)(C)CCOC(O)/C(N)=C/OC(=O)c1ccccc1. The van der Waals surface area contributed by atoms with Crippen molar-refractivity contribution >= 4 is 16.0 Å². The largest absolute Gasteiger partial charge is 0.429 e. The zero-order chi connectivity index (χ0) is 15.9. The highest BCUT2D eigenvalue weighted by atomic mass is 32.3. The van der Waals surface area contributed by atoms with E-state index in [0.717, 1.165) is 12.0 Å². The van der Waals surface area contributed by atoms with Gasteiger partial charge in [0.1, 0.15) is 12.0 Å². The van der Waals surface area contributed by atoms with Crippen molar-refractivity contribution in [2.45, 2.75) is 6.29 Å². The second kappa shape index (κ2) is 8.07. The van der Waals surface area contributed by atoms with Crippen molar-refractivity contribution in [1.82, 2.24) is 0 Å². The first-order chi connectivity index (χ1) is 9.79. The maximum Gasteiger partial charge on any atom is 0.342 e. The van der Waals surface area contributed by atoms with E-state index in [-0.39, 0.29) is 5.70 Å². The van der Waals surface area contributed by atoms with Crippen LogP contribution in [0.25, 0.3) is 0 Å². The summed E-state index contributed by atoms with van der Waals surface area (Å²) in [5.74, 6) is 0.325. The van der Waals surface area contributed by atoms with Crippen molar-refractivity contribution in [1.29, 1.82) is 0 Å². The predicted molar refractivity (Wildman–Crippen MR) is 86.3 cm³/mol. The lowest BCUT2D eigenvalue weighted by atomic mass is 10.2. The quantitative estimate of drug-likeness (QED) is 0.455. The Bertz CT molecular complexity index is 482. The van der Waals surface area contributed by atoms with E-state index in [4.69, 9.17) is 15.2 Å². The fraction of sp³-hybridized carbons (Fsp3) is 0.400. The topological polar surface area (TPSA) is 81.8 Å². The number of benzene rings is 1. The maximum absolute atomic E-state index is 11.7. The molecule has 6 heteroatoms. The Kier molecular flexibility index (Phi) is 6.74. The smallest absolute Gasteiger partial charge is 0.342 e. The molecule has 0 amide bonds. The van der Waals surface area contributed by atoms with Crippen LogP contribution in [-0.2, 0) is 9.47 Å². The molecule has 0 saturated heterocycles. The Morgan fingerprint density at radius 1 is 1.33 bits per heavy atom. The number of carbonyl (C=O) groups is 1. The van der Waals surface area contributed by atoms with Crippen LogP contribution in [0.15, 0.2) is 42.3 Å². The molecule has 0 fully saturated rings. The molecule has 5 nitrogen and oxygen atoms in total. The molecule has 1 aromatic rings. The Hall–Kier alpha value is -1.50. The first-order valence-corrected chi connectivity index (χ1v) is 9.49. The molecule has 0 spiro atoms. The van der Waals surface area contributed by atoms with Crippen LogP contribution in [0.3, 0.4) is 0 Å². The fourth-order valence-corrected chi connectivity index (χ4v) is 1.92. The van der Waals surface area contributed by atoms with E-state index in [1.807, 2.05) is 0 Å². The molecule has 0 radical (unpaired) electrons. The van der Waals surface area contributed by atoms with Crippen LogP contribution in [-0.4, -0.2) is 48.5 Å². The molecule has 0 saturated carbocycles. The molecule has 0 bridgehead atoms. The number of aliphatic hydroxyl groups is 1. The standard InChI is InChI=1S/C15H23NO4S/c1-21(2,3)10-9-19-15(18)13(16)11-20-14(17)12-7-5-4-6-8-12/h4-8,11,15,18H,9-10,16H2,1-3H3/b13-11-. The summed E-state index contributed by atoms with van der Waals surface area (Å²) in [6.07, 6.45) is 6.22. The van der Waals surface area contributed by atoms with Crippen LogP contribution in [0.4, 0.5) is 0 Å². The Morgan fingerprint density at radius 2 is 1.95 bits per heavy atom. The Balaban J connectivity index is 2.43. The second-order valence-corrected chi connectivity index (χ2v) is 10.00. The highest BCUT2D eigenvalue weighted by Gasteiger charge is 2.12. The van der Waals surface area contributed by atoms with Crippen LogP contribution in [0.5, 0.6) is 0 Å². The lowest BCUT2D eigenvalue weighted by molar-refractivity contribution is -0.0683. The van der Waals surface area contributed by atoms with Gasteiger partial charge >= 0.3 is 5.97 Å². The molecule has 1 unspecified atom stereocenters. The monoisotopic (exact) mass is 313 g/mol. The third-order valence-corrected chi connectivity index (χ3v) is 3.96. The van der Waals surface area contributed by atoms with Gasteiger partial charge in [-0.05, 0) is 30.9 Å². The molecule has 0 aliphatic heterocycles. The van der Waals surface area contributed by atoms with Gasteiger partial charge in [0.05, 0.1) is 12.2 Å². The van der Waals surface area contributed by atoms with E-state index in [9.17, 15) is 9.90 Å². The van der Waals surface area contributed by atoms with Crippen molar-refractivity contribution in [3.8, 4) is 0 Å². The number of hydrogen-bond donors (Lipinski definition) is 2. The van der Waals surface area contributed by atoms with Crippen molar-refractivity contribution in [2.75, 3.05) is 31.1 Å². The normalized spacial score (nSPS) is 14.6. The molecule has 0 aliphatic rings. The van der Waals surface area contributed by atoms with Gasteiger partial charge in [-0.3, -0.25) is 0 Å². The number of nitrogens with two attached hydrogens (primary N) is 1. The lowest BCUT2D eigenvalue weighted by Crippen LogP contribution is -2.23. The number of aliphatic hydroxyl groups excluding tert-OH is 1. The third kappa shape index (κ3) is 7.17. The molecule has 0 heterocycles. The average Bonchev–Trinajstić information content (AvgIpc) is 2.43. The van der Waals surface area contributed by atoms with E-state index in [0.29, 0.717) is 12.2 Å². The summed E-state index contributed by atoms with van der Waals surface area (Å²) in [5.41, 5.74) is 5.98. The zero-order valence-corrected chi connectivity index (χ0v) is 13.4. The third-order valence-electron chi connectivity index (χ3n) is 2.57. The lowest BCUT2D eigenvalue weighted by Gasteiger charge is -2.25. The molecule has 1 atom stereocenters. The van der Waals surface area contributed by atoms with E-state index >= 15 is 0 Å². The first kappa shape index (κ1) is 17.6. The van der Waals surface area contributed by atoms with Crippen LogP contribution in [0.2, 0.25) is 0 Å². The summed E-state index contributed by atoms with van der Waals surface area (Å²) in [7, 11) is -0.689. The molecular formula is C15H23NO4S. The summed E-state index contributed by atoms with van der Waals surface area (Å²) in [5, 5.41) is 9.70. The van der Waals surface area contributed by atoms with Crippen molar-refractivity contribution in [2.24, 2.45) is 5.73 Å². The fourth-order valence-electron chi connectivity index (χ4n) is 1.33. The second-order valence-electron chi connectivity index (χ2n) is 5.41. The summed E-state index contributed by atoms with van der Waals surface area (Å²) < 4.78 is 10.1. The van der Waals surface area contributed by atoms with Gasteiger partial charge in [-0.2, -0.15) is 0 Å². The van der Waals surface area contributed by atoms with Gasteiger partial charge in [0.2, 0.25) is 0 Å². The number of esters is 1. The number of carbonyl (C=O) groups excluding carboxylic acids is 1. The summed E-state index contributed by atoms with van der Waals surface area (Å²) in [6.45, 7) is 0.404. The first-order valence-electron chi connectivity index (χ1n) is 6.47. The van der Waals surface area contributed by atoms with Crippen LogP contribution in [0, 0.1) is 0 Å². The summed E-state index contributed by atoms with van der Waals surface area (Å²) in [4.78, 5) is 11.7. The molecule has 1 rings (SSSR count). The van der Waals surface area contributed by atoms with Gasteiger partial charge in [0, 0.05) is 5.75 Å². The van der Waals surface area contributed by atoms with Crippen LogP contribution in [0.1, 0.15) is 10.4 Å². The number of rotatable bonds is 7. The van der Waals surface area contributed by atoms with Crippen LogP contribution >= 0.6 is 10.0 Å². The van der Waals surface area contributed by atoms with Crippen LogP contribution < -0.4 is 5.73 Å².